The Morgan fingerprint density at radius 1 is 0.906 bits per heavy atom. The summed E-state index contributed by atoms with van der Waals surface area (Å²) in [4.78, 5) is 13.5. The van der Waals surface area contributed by atoms with Crippen LogP contribution in [0.5, 0.6) is 5.75 Å². The van der Waals surface area contributed by atoms with Crippen molar-refractivity contribution in [3.63, 3.8) is 0 Å². The summed E-state index contributed by atoms with van der Waals surface area (Å²) in [6, 6.07) is 17.6. The number of aromatic hydroxyl groups is 1. The summed E-state index contributed by atoms with van der Waals surface area (Å²) in [5.74, 6) is -0.110. The standard InChI is InChI=1S/C25H22ClFN4O/c26-21-16-20(25(32)23-19(21)4-3-11-29-23)24(22-5-1-2-10-28-22)31-14-12-30(13-15-31)18-8-6-17(27)7-9-18/h1-11,16,24,32H,12-15H2/t24-/m0/s1. The first-order valence-corrected chi connectivity index (χ1v) is 10.9. The smallest absolute Gasteiger partial charge is 0.147 e. The Morgan fingerprint density at radius 3 is 2.38 bits per heavy atom. The number of pyridine rings is 2. The van der Waals surface area contributed by atoms with Crippen LogP contribution in [0.1, 0.15) is 17.3 Å². The van der Waals surface area contributed by atoms with Gasteiger partial charge in [0.1, 0.15) is 17.1 Å². The molecule has 3 heterocycles. The van der Waals surface area contributed by atoms with Gasteiger partial charge in [0.05, 0.1) is 16.8 Å². The molecule has 1 N–H and O–H groups in total. The lowest BCUT2D eigenvalue weighted by molar-refractivity contribution is 0.206. The van der Waals surface area contributed by atoms with Gasteiger partial charge in [-0.05, 0) is 54.6 Å². The summed E-state index contributed by atoms with van der Waals surface area (Å²) in [5.41, 5.74) is 3.02. The number of halogens is 2. The van der Waals surface area contributed by atoms with Gasteiger partial charge in [-0.1, -0.05) is 17.7 Å². The van der Waals surface area contributed by atoms with Crippen molar-refractivity contribution < 1.29 is 9.50 Å². The van der Waals surface area contributed by atoms with Crippen molar-refractivity contribution in [1.29, 1.82) is 0 Å². The minimum Gasteiger partial charge on any atom is -0.505 e. The fraction of sp³-hybridized carbons (Fsp3) is 0.200. The third-order valence-electron chi connectivity index (χ3n) is 5.98. The number of hydrogen-bond acceptors (Lipinski definition) is 5. The van der Waals surface area contributed by atoms with Crippen molar-refractivity contribution in [3.05, 3.63) is 95.2 Å². The van der Waals surface area contributed by atoms with E-state index in [9.17, 15) is 9.50 Å². The molecule has 2 aromatic carbocycles. The second-order valence-corrected chi connectivity index (χ2v) is 8.26. The average molecular weight is 449 g/mol. The lowest BCUT2D eigenvalue weighted by Crippen LogP contribution is -2.48. The van der Waals surface area contributed by atoms with Crippen LogP contribution >= 0.6 is 11.6 Å². The van der Waals surface area contributed by atoms with E-state index in [2.05, 4.69) is 19.8 Å². The van der Waals surface area contributed by atoms with E-state index in [0.29, 0.717) is 16.1 Å². The minimum atomic E-state index is -0.268. The van der Waals surface area contributed by atoms with Crippen molar-refractivity contribution in [2.75, 3.05) is 31.1 Å². The van der Waals surface area contributed by atoms with Crippen LogP contribution in [0.25, 0.3) is 10.9 Å². The number of phenols is 1. The number of anilines is 1. The summed E-state index contributed by atoms with van der Waals surface area (Å²) < 4.78 is 13.3. The molecule has 0 saturated carbocycles. The molecule has 0 bridgehead atoms. The Kier molecular flexibility index (Phi) is 5.64. The molecule has 5 rings (SSSR count). The van der Waals surface area contributed by atoms with E-state index in [1.54, 1.807) is 18.5 Å². The minimum absolute atomic E-state index is 0.126. The highest BCUT2D eigenvalue weighted by Gasteiger charge is 2.30. The predicted octanol–water partition coefficient (Wildman–Crippen LogP) is 5.04. The molecule has 32 heavy (non-hydrogen) atoms. The molecule has 1 fully saturated rings. The lowest BCUT2D eigenvalue weighted by Gasteiger charge is -2.40. The molecule has 1 atom stereocenters. The van der Waals surface area contributed by atoms with Gasteiger partial charge in [0.2, 0.25) is 0 Å². The fourth-order valence-corrected chi connectivity index (χ4v) is 4.66. The molecule has 162 valence electrons. The SMILES string of the molecule is Oc1c([C@@H](c2ccccn2)N2CCN(c3ccc(F)cc3)CC2)cc(Cl)c2cccnc12. The molecule has 5 nitrogen and oxygen atoms in total. The molecule has 1 aliphatic rings. The summed E-state index contributed by atoms with van der Waals surface area (Å²) in [6.45, 7) is 3.04. The number of benzene rings is 2. The zero-order valence-electron chi connectivity index (χ0n) is 17.3. The molecule has 1 saturated heterocycles. The molecule has 0 spiro atoms. The van der Waals surface area contributed by atoms with Crippen LogP contribution in [0.4, 0.5) is 10.1 Å². The zero-order chi connectivity index (χ0) is 22.1. The maximum Gasteiger partial charge on any atom is 0.147 e. The highest BCUT2D eigenvalue weighted by atomic mass is 35.5. The van der Waals surface area contributed by atoms with Crippen molar-refractivity contribution in [3.8, 4) is 5.75 Å². The van der Waals surface area contributed by atoms with Crippen LogP contribution in [0.3, 0.4) is 0 Å². The fourth-order valence-electron chi connectivity index (χ4n) is 4.39. The first-order chi connectivity index (χ1) is 15.6. The van der Waals surface area contributed by atoms with Gasteiger partial charge in [-0.3, -0.25) is 14.9 Å². The van der Waals surface area contributed by atoms with E-state index in [-0.39, 0.29) is 17.6 Å². The molecule has 4 aromatic rings. The molecule has 2 aromatic heterocycles. The van der Waals surface area contributed by atoms with Gasteiger partial charge in [0.25, 0.3) is 0 Å². The number of hydrogen-bond donors (Lipinski definition) is 1. The Labute approximate surface area is 190 Å². The van der Waals surface area contributed by atoms with Crippen molar-refractivity contribution in [2.24, 2.45) is 0 Å². The van der Waals surface area contributed by atoms with Crippen LogP contribution in [0, 0.1) is 5.82 Å². The van der Waals surface area contributed by atoms with E-state index in [1.807, 2.05) is 42.5 Å². The second-order valence-electron chi connectivity index (χ2n) is 7.85. The molecule has 0 radical (unpaired) electrons. The molecular weight excluding hydrogens is 427 g/mol. The molecule has 0 amide bonds. The first-order valence-electron chi connectivity index (χ1n) is 10.5. The lowest BCUT2D eigenvalue weighted by atomic mass is 9.97. The summed E-state index contributed by atoms with van der Waals surface area (Å²) in [6.07, 6.45) is 3.41. The maximum absolute atomic E-state index is 13.3. The molecular formula is C25H22ClFN4O. The van der Waals surface area contributed by atoms with Crippen molar-refractivity contribution >= 4 is 28.2 Å². The van der Waals surface area contributed by atoms with E-state index in [0.717, 1.165) is 42.9 Å². The Bertz CT molecular complexity index is 1230. The Hall–Kier alpha value is -3.22. The van der Waals surface area contributed by atoms with Crippen LogP contribution < -0.4 is 4.90 Å². The van der Waals surface area contributed by atoms with Crippen LogP contribution in [0.2, 0.25) is 5.02 Å². The normalized spacial score (nSPS) is 15.8. The molecule has 0 aliphatic carbocycles. The number of aromatic nitrogens is 2. The van der Waals surface area contributed by atoms with Gasteiger partial charge < -0.3 is 10.0 Å². The third-order valence-corrected chi connectivity index (χ3v) is 6.29. The third kappa shape index (κ3) is 3.87. The number of rotatable bonds is 4. The predicted molar refractivity (Wildman–Crippen MR) is 125 cm³/mol. The van der Waals surface area contributed by atoms with E-state index in [4.69, 9.17) is 11.6 Å². The second kappa shape index (κ2) is 8.73. The summed E-state index contributed by atoms with van der Waals surface area (Å²) >= 11 is 6.59. The van der Waals surface area contributed by atoms with Crippen molar-refractivity contribution in [1.82, 2.24) is 14.9 Å². The Balaban J connectivity index is 1.50. The summed E-state index contributed by atoms with van der Waals surface area (Å²) in [5, 5.41) is 12.4. The van der Waals surface area contributed by atoms with Crippen LogP contribution in [-0.2, 0) is 0 Å². The van der Waals surface area contributed by atoms with Gasteiger partial charge in [0.15, 0.2) is 0 Å². The zero-order valence-corrected chi connectivity index (χ0v) is 18.1. The number of piperazine rings is 1. The number of fused-ring (bicyclic) bond motifs is 1. The van der Waals surface area contributed by atoms with Crippen LogP contribution in [0.15, 0.2) is 73.1 Å². The Morgan fingerprint density at radius 2 is 1.66 bits per heavy atom. The average Bonchev–Trinajstić information content (AvgIpc) is 2.84. The van der Waals surface area contributed by atoms with Crippen LogP contribution in [-0.4, -0.2) is 46.2 Å². The number of nitrogens with zero attached hydrogens (tertiary/aromatic N) is 4. The van der Waals surface area contributed by atoms with Gasteiger partial charge in [0, 0.05) is 55.2 Å². The largest absolute Gasteiger partial charge is 0.505 e. The monoisotopic (exact) mass is 448 g/mol. The van der Waals surface area contributed by atoms with Gasteiger partial charge in [-0.25, -0.2) is 4.39 Å². The van der Waals surface area contributed by atoms with E-state index < -0.39 is 0 Å². The maximum atomic E-state index is 13.3. The van der Waals surface area contributed by atoms with E-state index >= 15 is 0 Å². The highest BCUT2D eigenvalue weighted by Crippen LogP contribution is 2.40. The number of phenolic OH excluding ortho intramolecular Hbond substituents is 1. The van der Waals surface area contributed by atoms with Gasteiger partial charge >= 0.3 is 0 Å². The van der Waals surface area contributed by atoms with Gasteiger partial charge in [-0.2, -0.15) is 0 Å². The quantitative estimate of drug-likeness (QED) is 0.474. The first kappa shape index (κ1) is 20.7. The molecule has 0 unspecified atom stereocenters. The van der Waals surface area contributed by atoms with Crippen molar-refractivity contribution in [2.45, 2.75) is 6.04 Å². The van der Waals surface area contributed by atoms with Gasteiger partial charge in [-0.15, -0.1) is 0 Å². The topological polar surface area (TPSA) is 52.5 Å². The van der Waals surface area contributed by atoms with E-state index in [1.165, 1.54) is 12.1 Å². The summed E-state index contributed by atoms with van der Waals surface area (Å²) in [7, 11) is 0. The molecule has 1 aliphatic heterocycles. The molecule has 7 heteroatoms. The highest BCUT2D eigenvalue weighted by molar-refractivity contribution is 6.35.